The minimum Gasteiger partial charge on any atom is -0.497 e. The molecule has 5 aromatic rings. The number of carbonyl (C=O) groups is 1. The van der Waals surface area contributed by atoms with Crippen molar-refractivity contribution in [3.63, 3.8) is 0 Å². The zero-order chi connectivity index (χ0) is 30.2. The second-order valence-electron chi connectivity index (χ2n) is 9.08. The van der Waals surface area contributed by atoms with Gasteiger partial charge in [-0.05, 0) is 47.0 Å². The van der Waals surface area contributed by atoms with Crippen LogP contribution in [0.1, 0.15) is 27.3 Å². The molecule has 5 rings (SSSR count). The molecule has 0 saturated carbocycles. The van der Waals surface area contributed by atoms with E-state index in [1.54, 1.807) is 42.5 Å². The standard InChI is InChI=1S/C28H21F3N4O5S2/c1-40-20-7-3-5-18(14-20)17-4-2-6-19(13-17)24-22(12-16-8-10-21(11-9-16)42(32,38)39)25(28(29,30)31)35(34-24)27-33-23(15-41-27)26(36)37/h2-11,13-15H,12H2,1H3,(H,36,37)(H2,32,38,39). The molecule has 14 heteroatoms. The molecule has 42 heavy (non-hydrogen) atoms. The summed E-state index contributed by atoms with van der Waals surface area (Å²) in [6.45, 7) is 0. The van der Waals surface area contributed by atoms with Crippen LogP contribution in [0.4, 0.5) is 13.2 Å². The molecule has 2 aromatic heterocycles. The van der Waals surface area contributed by atoms with Crippen molar-refractivity contribution in [1.82, 2.24) is 14.8 Å². The first-order valence-corrected chi connectivity index (χ1v) is 14.5. The average molecular weight is 615 g/mol. The highest BCUT2D eigenvalue weighted by Crippen LogP contribution is 2.40. The number of carboxylic acids is 1. The van der Waals surface area contributed by atoms with Gasteiger partial charge in [0.2, 0.25) is 15.2 Å². The molecule has 3 aromatic carbocycles. The lowest BCUT2D eigenvalue weighted by Gasteiger charge is -2.12. The molecule has 0 fully saturated rings. The fourth-order valence-corrected chi connectivity index (χ4v) is 5.66. The van der Waals surface area contributed by atoms with Crippen LogP contribution >= 0.6 is 11.3 Å². The number of alkyl halides is 3. The van der Waals surface area contributed by atoms with Crippen LogP contribution in [0.25, 0.3) is 27.5 Å². The molecule has 0 amide bonds. The Hall–Kier alpha value is -4.53. The Balaban J connectivity index is 1.72. The van der Waals surface area contributed by atoms with Crippen molar-refractivity contribution in [3.8, 4) is 33.3 Å². The van der Waals surface area contributed by atoms with E-state index in [9.17, 15) is 31.5 Å². The van der Waals surface area contributed by atoms with Crippen LogP contribution in [0.2, 0.25) is 0 Å². The summed E-state index contributed by atoms with van der Waals surface area (Å²) in [5.41, 5.74) is 0.425. The first-order chi connectivity index (χ1) is 19.8. The smallest absolute Gasteiger partial charge is 0.433 e. The van der Waals surface area contributed by atoms with Crippen LogP contribution in [0, 0.1) is 0 Å². The lowest BCUT2D eigenvalue weighted by atomic mass is 9.96. The summed E-state index contributed by atoms with van der Waals surface area (Å²) in [5.74, 6) is -0.789. The van der Waals surface area contributed by atoms with E-state index >= 15 is 0 Å². The molecule has 0 spiro atoms. The Morgan fingerprint density at radius 2 is 1.67 bits per heavy atom. The average Bonchev–Trinajstić information content (AvgIpc) is 3.59. The van der Waals surface area contributed by atoms with Gasteiger partial charge in [-0.2, -0.15) is 18.3 Å². The molecule has 0 aliphatic rings. The van der Waals surface area contributed by atoms with Gasteiger partial charge < -0.3 is 9.84 Å². The molecule has 2 heterocycles. The molecule has 0 atom stereocenters. The quantitative estimate of drug-likeness (QED) is 0.231. The Kier molecular flexibility index (Phi) is 7.62. The summed E-state index contributed by atoms with van der Waals surface area (Å²) in [6, 6.07) is 19.1. The second kappa shape index (κ2) is 11.0. The summed E-state index contributed by atoms with van der Waals surface area (Å²) in [6.07, 6.45) is -5.20. The molecular weight excluding hydrogens is 593 g/mol. The number of carboxylic acid groups (broad SMARTS) is 1. The number of nitrogens with two attached hydrogens (primary N) is 1. The molecule has 216 valence electrons. The maximum atomic E-state index is 14.7. The summed E-state index contributed by atoms with van der Waals surface area (Å²) < 4.78 is 73.5. The second-order valence-corrected chi connectivity index (χ2v) is 11.5. The number of aromatic carboxylic acids is 1. The zero-order valence-electron chi connectivity index (χ0n) is 21.7. The number of halogens is 3. The highest BCUT2D eigenvalue weighted by atomic mass is 32.2. The van der Waals surface area contributed by atoms with Gasteiger partial charge in [0.25, 0.3) is 0 Å². The third-order valence-corrected chi connectivity index (χ3v) is 8.06. The first-order valence-electron chi connectivity index (χ1n) is 12.1. The van der Waals surface area contributed by atoms with Crippen molar-refractivity contribution in [3.05, 3.63) is 101 Å². The topological polar surface area (TPSA) is 137 Å². The predicted octanol–water partition coefficient (Wildman–Crippen LogP) is 5.63. The number of hydrogen-bond acceptors (Lipinski definition) is 7. The van der Waals surface area contributed by atoms with Gasteiger partial charge in [-0.3, -0.25) is 0 Å². The maximum absolute atomic E-state index is 14.7. The van der Waals surface area contributed by atoms with E-state index in [-0.39, 0.29) is 27.7 Å². The molecular formula is C28H21F3N4O5S2. The molecule has 0 saturated heterocycles. The van der Waals surface area contributed by atoms with Crippen molar-refractivity contribution >= 4 is 27.3 Å². The van der Waals surface area contributed by atoms with Crippen LogP contribution in [-0.4, -0.2) is 41.4 Å². The summed E-state index contributed by atoms with van der Waals surface area (Å²) in [4.78, 5) is 15.1. The minimum atomic E-state index is -4.92. The van der Waals surface area contributed by atoms with Crippen LogP contribution in [0.15, 0.2) is 83.1 Å². The molecule has 0 aliphatic heterocycles. The number of rotatable bonds is 8. The number of thiazole rings is 1. The lowest BCUT2D eigenvalue weighted by molar-refractivity contribution is -0.143. The Bertz CT molecular complexity index is 1900. The highest BCUT2D eigenvalue weighted by molar-refractivity contribution is 7.89. The van der Waals surface area contributed by atoms with Crippen molar-refractivity contribution in [1.29, 1.82) is 0 Å². The molecule has 0 unspecified atom stereocenters. The van der Waals surface area contributed by atoms with E-state index in [0.29, 0.717) is 38.5 Å². The number of nitrogens with zero attached hydrogens (tertiary/aromatic N) is 3. The monoisotopic (exact) mass is 614 g/mol. The molecule has 0 aliphatic carbocycles. The van der Waals surface area contributed by atoms with Crippen LogP contribution in [0.5, 0.6) is 5.75 Å². The SMILES string of the molecule is COc1cccc(-c2cccc(-c3nn(-c4nc(C(=O)O)cs4)c(C(F)(F)F)c3Cc3ccc(S(N)(=O)=O)cc3)c2)c1. The summed E-state index contributed by atoms with van der Waals surface area (Å²) in [7, 11) is -2.48. The van der Waals surface area contributed by atoms with Crippen LogP contribution in [0.3, 0.4) is 0 Å². The molecule has 9 nitrogen and oxygen atoms in total. The number of methoxy groups -OCH3 is 1. The van der Waals surface area contributed by atoms with Gasteiger partial charge in [0.1, 0.15) is 5.75 Å². The van der Waals surface area contributed by atoms with Gasteiger partial charge in [0, 0.05) is 22.9 Å². The molecule has 3 N–H and O–H groups in total. The lowest BCUT2D eigenvalue weighted by Crippen LogP contribution is -2.16. The van der Waals surface area contributed by atoms with Crippen LogP contribution in [-0.2, 0) is 22.6 Å². The van der Waals surface area contributed by atoms with E-state index in [2.05, 4.69) is 10.1 Å². The summed E-state index contributed by atoms with van der Waals surface area (Å²) in [5, 5.41) is 19.6. The van der Waals surface area contributed by atoms with Gasteiger partial charge in [-0.25, -0.2) is 28.0 Å². The largest absolute Gasteiger partial charge is 0.497 e. The Labute approximate surface area is 241 Å². The minimum absolute atomic E-state index is 0.00494. The van der Waals surface area contributed by atoms with E-state index < -0.39 is 33.6 Å². The molecule has 0 radical (unpaired) electrons. The van der Waals surface area contributed by atoms with Crippen LogP contribution < -0.4 is 9.88 Å². The summed E-state index contributed by atoms with van der Waals surface area (Å²) >= 11 is 0.708. The van der Waals surface area contributed by atoms with E-state index in [0.717, 1.165) is 10.9 Å². The maximum Gasteiger partial charge on any atom is 0.433 e. The number of ether oxygens (including phenoxy) is 1. The first kappa shape index (κ1) is 29.0. The van der Waals surface area contributed by atoms with E-state index in [1.807, 2.05) is 6.07 Å². The number of primary sulfonamides is 1. The fourth-order valence-electron chi connectivity index (χ4n) is 4.39. The number of hydrogen-bond donors (Lipinski definition) is 2. The van der Waals surface area contributed by atoms with Crippen molar-refractivity contribution in [2.45, 2.75) is 17.5 Å². The van der Waals surface area contributed by atoms with Gasteiger partial charge in [0.05, 0.1) is 17.7 Å². The number of aromatic nitrogens is 3. The van der Waals surface area contributed by atoms with Gasteiger partial charge in [-0.15, -0.1) is 11.3 Å². The van der Waals surface area contributed by atoms with Gasteiger partial charge >= 0.3 is 12.1 Å². The van der Waals surface area contributed by atoms with Gasteiger partial charge in [-0.1, -0.05) is 42.5 Å². The number of sulfonamides is 1. The Morgan fingerprint density at radius 3 is 2.26 bits per heavy atom. The predicted molar refractivity (Wildman–Crippen MR) is 149 cm³/mol. The number of benzene rings is 3. The van der Waals surface area contributed by atoms with Crippen molar-refractivity contribution < 1.29 is 36.2 Å². The Morgan fingerprint density at radius 1 is 1.02 bits per heavy atom. The molecule has 0 bridgehead atoms. The van der Waals surface area contributed by atoms with E-state index in [4.69, 9.17) is 9.88 Å². The highest BCUT2D eigenvalue weighted by Gasteiger charge is 2.41. The normalized spacial score (nSPS) is 11.9. The van der Waals surface area contributed by atoms with Gasteiger partial charge in [0.15, 0.2) is 11.4 Å². The zero-order valence-corrected chi connectivity index (χ0v) is 23.3. The fraction of sp³-hybridized carbons (Fsp3) is 0.107. The van der Waals surface area contributed by atoms with E-state index in [1.165, 1.54) is 31.4 Å². The van der Waals surface area contributed by atoms with Crippen molar-refractivity contribution in [2.75, 3.05) is 7.11 Å². The third kappa shape index (κ3) is 5.91. The third-order valence-electron chi connectivity index (χ3n) is 6.32. The van der Waals surface area contributed by atoms with Crippen molar-refractivity contribution in [2.24, 2.45) is 5.14 Å².